The van der Waals surface area contributed by atoms with Gasteiger partial charge in [0.25, 0.3) is 0 Å². The summed E-state index contributed by atoms with van der Waals surface area (Å²) in [5.74, 6) is 0.842. The molecule has 0 aromatic carbocycles. The molecule has 0 bridgehead atoms. The Morgan fingerprint density at radius 2 is 1.59 bits per heavy atom. The molecule has 0 unspecified atom stereocenters. The van der Waals surface area contributed by atoms with Crippen molar-refractivity contribution in [3.8, 4) is 0 Å². The van der Waals surface area contributed by atoms with Crippen LogP contribution in [-0.2, 0) is 41.9 Å². The van der Waals surface area contributed by atoms with E-state index < -0.39 is 11.8 Å². The maximum atomic E-state index is 8.89. The molecule has 2 radical (unpaired) electrons. The quantitative estimate of drug-likeness (QED) is 0.380. The van der Waals surface area contributed by atoms with Crippen molar-refractivity contribution in [2.45, 2.75) is 79.3 Å². The molecule has 5 atom stereocenters. The number of hydrogen-bond donors (Lipinski definition) is 0. The van der Waals surface area contributed by atoms with Crippen LogP contribution in [-0.4, -0.2) is 24.0 Å². The number of ether oxygens (including phenoxy) is 2. The molecule has 27 heavy (non-hydrogen) atoms. The number of carboxylic acid groups (broad SMARTS) is 1. The second-order valence-electron chi connectivity index (χ2n) is 9.45. The van der Waals surface area contributed by atoms with E-state index in [1.54, 1.807) is 0 Å². The molecule has 3 aliphatic rings. The summed E-state index contributed by atoms with van der Waals surface area (Å²) in [4.78, 5) is 8.89. The Kier molecular flexibility index (Phi) is 8.60. The SMILES string of the molecule is CC(=O)[O-].[CH2][C@@H]1[C@@H]2[C@H](C=CCC13O[C@H](C(C)C)C[C@@H](C(C)C)O3)C2(C)C.[Hg+]. The van der Waals surface area contributed by atoms with E-state index in [1.165, 1.54) is 0 Å². The number of aliphatic carboxylic acids is 1. The smallest absolute Gasteiger partial charge is 0.550 e. The molecule has 0 aromatic heterocycles. The predicted octanol–water partition coefficient (Wildman–Crippen LogP) is 3.60. The van der Waals surface area contributed by atoms with E-state index in [-0.39, 0.29) is 45.8 Å². The van der Waals surface area contributed by atoms with Gasteiger partial charge in [-0.25, -0.2) is 0 Å². The Balaban J connectivity index is 0.000000666. The summed E-state index contributed by atoms with van der Waals surface area (Å²) in [6.45, 7) is 19.3. The second kappa shape index (κ2) is 9.25. The van der Waals surface area contributed by atoms with Crippen molar-refractivity contribution in [3.63, 3.8) is 0 Å². The van der Waals surface area contributed by atoms with Gasteiger partial charge < -0.3 is 19.4 Å². The Hall–Kier alpha value is 0.0651. The fourth-order valence-corrected chi connectivity index (χ4v) is 4.61. The van der Waals surface area contributed by atoms with Crippen molar-refractivity contribution in [3.05, 3.63) is 19.1 Å². The Morgan fingerprint density at radius 1 is 1.15 bits per heavy atom. The van der Waals surface area contributed by atoms with Gasteiger partial charge in [0.15, 0.2) is 5.79 Å². The summed E-state index contributed by atoms with van der Waals surface area (Å²) < 4.78 is 13.2. The van der Waals surface area contributed by atoms with Crippen LogP contribution in [0.5, 0.6) is 0 Å². The monoisotopic (exact) mass is 566 g/mol. The maximum Gasteiger partial charge on any atom is 1.00 e. The van der Waals surface area contributed by atoms with Crippen LogP contribution in [0.2, 0.25) is 0 Å². The fraction of sp³-hybridized carbons (Fsp3) is 0.818. The molecular weight excluding hydrogens is 529 g/mol. The summed E-state index contributed by atoms with van der Waals surface area (Å²) >= 11 is 0. The van der Waals surface area contributed by atoms with Gasteiger partial charge in [-0.2, -0.15) is 0 Å². The van der Waals surface area contributed by atoms with Gasteiger partial charge in [0.2, 0.25) is 0 Å². The standard InChI is InChI=1S/C20H33O2.C2H4O2.Hg/c1-12(2)16-11-17(13(3)4)22-20(21-16)10-8-9-15-18(14(20)5)19(15,6)7;1-2(3)4;/h8-9,12-18H,5,10-11H2,1-4,6-7H3;1H3,(H,3,4);/q;;+1/p-1/t14-,15+,16+,17+,18-;;/m1../s1. The van der Waals surface area contributed by atoms with Crippen LogP contribution in [0.3, 0.4) is 0 Å². The topological polar surface area (TPSA) is 58.6 Å². The Labute approximate surface area is 186 Å². The van der Waals surface area contributed by atoms with Crippen LogP contribution in [0.25, 0.3) is 0 Å². The molecule has 3 rings (SSSR count). The number of carboxylic acids is 1. The van der Waals surface area contributed by atoms with Crippen LogP contribution in [0.15, 0.2) is 12.2 Å². The fourth-order valence-electron chi connectivity index (χ4n) is 4.61. The summed E-state index contributed by atoms with van der Waals surface area (Å²) in [5, 5.41) is 8.89. The number of carbonyl (C=O) groups excluding carboxylic acids is 1. The van der Waals surface area contributed by atoms with E-state index in [4.69, 9.17) is 19.4 Å². The summed E-state index contributed by atoms with van der Waals surface area (Å²) in [6.07, 6.45) is 7.07. The largest absolute Gasteiger partial charge is 1.00 e. The van der Waals surface area contributed by atoms with Gasteiger partial charge in [0, 0.05) is 24.7 Å². The van der Waals surface area contributed by atoms with Gasteiger partial charge in [0.05, 0.1) is 12.2 Å². The van der Waals surface area contributed by atoms with Crippen LogP contribution in [0.4, 0.5) is 0 Å². The number of carbonyl (C=O) groups is 1. The molecule has 150 valence electrons. The van der Waals surface area contributed by atoms with Crippen molar-refractivity contribution in [1.29, 1.82) is 0 Å². The molecule has 1 spiro atoms. The first kappa shape index (κ1) is 25.1. The summed E-state index contributed by atoms with van der Waals surface area (Å²) in [6, 6.07) is 0. The van der Waals surface area contributed by atoms with Crippen LogP contribution < -0.4 is 5.11 Å². The Morgan fingerprint density at radius 3 is 2.00 bits per heavy atom. The van der Waals surface area contributed by atoms with Gasteiger partial charge in [0.1, 0.15) is 0 Å². The first-order valence-corrected chi connectivity index (χ1v) is 9.95. The van der Waals surface area contributed by atoms with Crippen molar-refractivity contribution >= 4 is 5.97 Å². The molecule has 1 saturated carbocycles. The van der Waals surface area contributed by atoms with E-state index in [2.05, 4.69) is 60.6 Å². The van der Waals surface area contributed by atoms with E-state index in [1.807, 2.05) is 0 Å². The number of hydrogen-bond acceptors (Lipinski definition) is 4. The molecular formula is C22H36HgO4. The zero-order chi connectivity index (χ0) is 19.9. The number of allylic oxidation sites excluding steroid dienone is 1. The third kappa shape index (κ3) is 5.36. The second-order valence-corrected chi connectivity index (χ2v) is 9.45. The molecule has 4 nitrogen and oxygen atoms in total. The minimum atomic E-state index is -1.08. The summed E-state index contributed by atoms with van der Waals surface area (Å²) in [7, 11) is 0. The maximum absolute atomic E-state index is 8.89. The third-order valence-corrected chi connectivity index (χ3v) is 6.39. The normalized spacial score (nSPS) is 39.1. The molecule has 1 aliphatic heterocycles. The number of rotatable bonds is 2. The first-order chi connectivity index (χ1) is 11.9. The molecule has 1 saturated heterocycles. The van der Waals surface area contributed by atoms with E-state index in [9.17, 15) is 0 Å². The minimum absolute atomic E-state index is 0. The molecule has 0 aromatic rings. The first-order valence-electron chi connectivity index (χ1n) is 9.95. The van der Waals surface area contributed by atoms with Crippen LogP contribution >= 0.6 is 0 Å². The van der Waals surface area contributed by atoms with Crippen LogP contribution in [0, 0.1) is 41.9 Å². The van der Waals surface area contributed by atoms with Crippen molar-refractivity contribution in [2.24, 2.45) is 35.0 Å². The van der Waals surface area contributed by atoms with Gasteiger partial charge in [-0.3, -0.25) is 0 Å². The average molecular weight is 565 g/mol. The van der Waals surface area contributed by atoms with E-state index >= 15 is 0 Å². The van der Waals surface area contributed by atoms with Gasteiger partial charge in [-0.1, -0.05) is 53.7 Å². The average Bonchev–Trinajstić information content (AvgIpc) is 3.09. The molecule has 2 aliphatic carbocycles. The van der Waals surface area contributed by atoms with E-state index in [0.717, 1.165) is 19.8 Å². The Bertz CT molecular complexity index is 520. The van der Waals surface area contributed by atoms with Gasteiger partial charge in [-0.15, -0.1) is 0 Å². The molecule has 0 amide bonds. The molecule has 2 fully saturated rings. The van der Waals surface area contributed by atoms with Crippen LogP contribution in [0.1, 0.15) is 61.3 Å². The van der Waals surface area contributed by atoms with E-state index in [0.29, 0.717) is 29.1 Å². The van der Waals surface area contributed by atoms with Crippen molar-refractivity contribution < 1.29 is 47.0 Å². The molecule has 1 heterocycles. The molecule has 0 N–H and O–H groups in total. The van der Waals surface area contributed by atoms with Gasteiger partial charge >= 0.3 is 27.7 Å². The predicted molar refractivity (Wildman–Crippen MR) is 101 cm³/mol. The zero-order valence-electron chi connectivity index (χ0n) is 18.2. The minimum Gasteiger partial charge on any atom is -0.550 e. The van der Waals surface area contributed by atoms with Crippen molar-refractivity contribution in [2.75, 3.05) is 0 Å². The number of fused-ring (bicyclic) bond motifs is 1. The van der Waals surface area contributed by atoms with Gasteiger partial charge in [-0.05, 0) is 42.9 Å². The van der Waals surface area contributed by atoms with Crippen molar-refractivity contribution in [1.82, 2.24) is 0 Å². The zero-order valence-corrected chi connectivity index (χ0v) is 23.7. The third-order valence-electron chi connectivity index (χ3n) is 6.39. The molecule has 5 heteroatoms. The summed E-state index contributed by atoms with van der Waals surface area (Å²) in [5.41, 5.74) is 0.334.